The Balaban J connectivity index is 2.97. The molecular weight excluding hydrogens is 282 g/mol. The van der Waals surface area contributed by atoms with Gasteiger partial charge in [0, 0.05) is 12.3 Å². The maximum atomic E-state index is 11.9. The second-order valence-electron chi connectivity index (χ2n) is 6.31. The van der Waals surface area contributed by atoms with E-state index in [-0.39, 0.29) is 6.04 Å². The van der Waals surface area contributed by atoms with Gasteiger partial charge in [-0.15, -0.1) is 0 Å². The molecule has 3 nitrogen and oxygen atoms in total. The molecule has 0 aromatic heterocycles. The van der Waals surface area contributed by atoms with Gasteiger partial charge in [0.2, 0.25) is 0 Å². The maximum Gasteiger partial charge on any atom is 0.151 e. The first kappa shape index (κ1) is 18.2. The van der Waals surface area contributed by atoms with E-state index in [0.717, 1.165) is 24.9 Å². The second-order valence-corrected chi connectivity index (χ2v) is 8.71. The highest BCUT2D eigenvalue weighted by atomic mass is 32.2. The highest BCUT2D eigenvalue weighted by Crippen LogP contribution is 2.23. The second kappa shape index (κ2) is 7.95. The molecule has 0 spiro atoms. The summed E-state index contributed by atoms with van der Waals surface area (Å²) in [4.78, 5) is 0. The normalized spacial score (nSPS) is 15.1. The lowest BCUT2D eigenvalue weighted by Gasteiger charge is -2.24. The van der Waals surface area contributed by atoms with E-state index >= 15 is 0 Å². The number of hydrogen-bond acceptors (Lipinski definition) is 3. The monoisotopic (exact) mass is 311 g/mol. The summed E-state index contributed by atoms with van der Waals surface area (Å²) in [5, 5.41) is 2.94. The zero-order chi connectivity index (χ0) is 16.0. The smallest absolute Gasteiger partial charge is 0.151 e. The molecule has 1 aromatic carbocycles. The zero-order valence-electron chi connectivity index (χ0n) is 13.9. The molecule has 2 atom stereocenters. The standard InChI is InChI=1S/C17H29NO2S/c1-6-11-18-17(14(4)21(5,19)20)16-9-7-15(8-10-16)12-13(2)3/h7-10,13-14,17-18H,6,11-12H2,1-5H3. The van der Waals surface area contributed by atoms with E-state index < -0.39 is 15.1 Å². The average molecular weight is 311 g/mol. The molecule has 4 heteroatoms. The van der Waals surface area contributed by atoms with Crippen LogP contribution in [0.3, 0.4) is 0 Å². The van der Waals surface area contributed by atoms with Gasteiger partial charge >= 0.3 is 0 Å². The van der Waals surface area contributed by atoms with E-state index in [4.69, 9.17) is 0 Å². The molecule has 1 aromatic rings. The summed E-state index contributed by atoms with van der Waals surface area (Å²) < 4.78 is 23.8. The van der Waals surface area contributed by atoms with E-state index in [9.17, 15) is 8.42 Å². The van der Waals surface area contributed by atoms with Crippen LogP contribution < -0.4 is 5.32 Å². The molecule has 0 aliphatic rings. The average Bonchev–Trinajstić information content (AvgIpc) is 2.39. The quantitative estimate of drug-likeness (QED) is 0.801. The minimum absolute atomic E-state index is 0.145. The van der Waals surface area contributed by atoms with E-state index in [0.29, 0.717) is 5.92 Å². The van der Waals surface area contributed by atoms with E-state index in [2.05, 4.69) is 50.4 Å². The van der Waals surface area contributed by atoms with Crippen molar-refractivity contribution in [2.24, 2.45) is 5.92 Å². The van der Waals surface area contributed by atoms with Gasteiger partial charge in [-0.25, -0.2) is 8.42 Å². The molecule has 1 rings (SSSR count). The molecular formula is C17H29NO2S. The first-order valence-corrected chi connectivity index (χ1v) is 9.72. The maximum absolute atomic E-state index is 11.9. The number of nitrogens with one attached hydrogen (secondary N) is 1. The molecule has 0 saturated heterocycles. The fraction of sp³-hybridized carbons (Fsp3) is 0.647. The molecule has 21 heavy (non-hydrogen) atoms. The van der Waals surface area contributed by atoms with Gasteiger partial charge in [-0.05, 0) is 43.4 Å². The van der Waals surface area contributed by atoms with Crippen molar-refractivity contribution in [2.45, 2.75) is 51.8 Å². The lowest BCUT2D eigenvalue weighted by Crippen LogP contribution is -2.35. The number of benzene rings is 1. The minimum Gasteiger partial charge on any atom is -0.309 e. The van der Waals surface area contributed by atoms with E-state index in [1.807, 2.05) is 0 Å². The summed E-state index contributed by atoms with van der Waals surface area (Å²) >= 11 is 0. The molecule has 2 unspecified atom stereocenters. The number of rotatable bonds is 8. The third kappa shape index (κ3) is 5.79. The summed E-state index contributed by atoms with van der Waals surface area (Å²) in [6.45, 7) is 9.08. The molecule has 0 aliphatic heterocycles. The first-order chi connectivity index (χ1) is 9.75. The van der Waals surface area contributed by atoms with Gasteiger partial charge < -0.3 is 5.32 Å². The third-order valence-electron chi connectivity index (χ3n) is 3.74. The SMILES string of the molecule is CCCNC(c1ccc(CC(C)C)cc1)C(C)S(C)(=O)=O. The number of hydrogen-bond donors (Lipinski definition) is 1. The van der Waals surface area contributed by atoms with Crippen LogP contribution in [0.2, 0.25) is 0 Å². The van der Waals surface area contributed by atoms with Gasteiger partial charge in [0.1, 0.15) is 0 Å². The van der Waals surface area contributed by atoms with Gasteiger partial charge in [-0.3, -0.25) is 0 Å². The predicted octanol–water partition coefficient (Wildman–Crippen LogP) is 3.36. The molecule has 0 amide bonds. The van der Waals surface area contributed by atoms with Crippen molar-refractivity contribution in [3.63, 3.8) is 0 Å². The summed E-state index contributed by atoms with van der Waals surface area (Å²) in [6.07, 6.45) is 3.35. The Morgan fingerprint density at radius 3 is 2.10 bits per heavy atom. The van der Waals surface area contributed by atoms with Crippen LogP contribution in [0, 0.1) is 5.92 Å². The van der Waals surface area contributed by atoms with Crippen LogP contribution in [-0.4, -0.2) is 26.5 Å². The molecule has 0 bridgehead atoms. The highest BCUT2D eigenvalue weighted by Gasteiger charge is 2.26. The van der Waals surface area contributed by atoms with Crippen molar-refractivity contribution in [2.75, 3.05) is 12.8 Å². The number of sulfone groups is 1. The molecule has 0 radical (unpaired) electrons. The largest absolute Gasteiger partial charge is 0.309 e. The van der Waals surface area contributed by atoms with Crippen molar-refractivity contribution >= 4 is 9.84 Å². The highest BCUT2D eigenvalue weighted by molar-refractivity contribution is 7.91. The lowest BCUT2D eigenvalue weighted by atomic mass is 9.98. The van der Waals surface area contributed by atoms with Gasteiger partial charge in [0.05, 0.1) is 5.25 Å². The van der Waals surface area contributed by atoms with Crippen LogP contribution in [0.25, 0.3) is 0 Å². The Kier molecular flexibility index (Phi) is 6.88. The Hall–Kier alpha value is -0.870. The zero-order valence-corrected chi connectivity index (χ0v) is 14.7. The van der Waals surface area contributed by atoms with Gasteiger partial charge in [0.25, 0.3) is 0 Å². The van der Waals surface area contributed by atoms with Gasteiger partial charge in [-0.2, -0.15) is 0 Å². The molecule has 0 aliphatic carbocycles. The topological polar surface area (TPSA) is 46.2 Å². The van der Waals surface area contributed by atoms with E-state index in [1.54, 1.807) is 6.92 Å². The Morgan fingerprint density at radius 2 is 1.67 bits per heavy atom. The molecule has 120 valence electrons. The molecule has 0 saturated carbocycles. The van der Waals surface area contributed by atoms with Crippen molar-refractivity contribution < 1.29 is 8.42 Å². The van der Waals surface area contributed by atoms with Crippen LogP contribution in [0.5, 0.6) is 0 Å². The van der Waals surface area contributed by atoms with Crippen LogP contribution in [0.4, 0.5) is 0 Å². The predicted molar refractivity (Wildman–Crippen MR) is 90.3 cm³/mol. The lowest BCUT2D eigenvalue weighted by molar-refractivity contribution is 0.500. The van der Waals surface area contributed by atoms with E-state index in [1.165, 1.54) is 11.8 Å². The van der Waals surface area contributed by atoms with Crippen molar-refractivity contribution in [3.05, 3.63) is 35.4 Å². The van der Waals surface area contributed by atoms with Crippen LogP contribution in [0.15, 0.2) is 24.3 Å². The van der Waals surface area contributed by atoms with Gasteiger partial charge in [0.15, 0.2) is 9.84 Å². The Bertz CT molecular complexity index is 520. The minimum atomic E-state index is -3.07. The summed E-state index contributed by atoms with van der Waals surface area (Å²) in [6, 6.07) is 8.21. The molecule has 0 heterocycles. The van der Waals surface area contributed by atoms with Crippen LogP contribution >= 0.6 is 0 Å². The third-order valence-corrected chi connectivity index (χ3v) is 5.36. The van der Waals surface area contributed by atoms with Crippen molar-refractivity contribution in [3.8, 4) is 0 Å². The Morgan fingerprint density at radius 1 is 1.10 bits per heavy atom. The van der Waals surface area contributed by atoms with Crippen LogP contribution in [0.1, 0.15) is 51.3 Å². The Labute approximate surface area is 130 Å². The van der Waals surface area contributed by atoms with Crippen molar-refractivity contribution in [1.29, 1.82) is 0 Å². The van der Waals surface area contributed by atoms with Crippen LogP contribution in [-0.2, 0) is 16.3 Å². The fourth-order valence-electron chi connectivity index (χ4n) is 2.43. The molecule has 1 N–H and O–H groups in total. The summed E-state index contributed by atoms with van der Waals surface area (Å²) in [5.74, 6) is 0.625. The summed E-state index contributed by atoms with van der Waals surface area (Å²) in [7, 11) is -3.07. The molecule has 0 fully saturated rings. The van der Waals surface area contributed by atoms with Gasteiger partial charge in [-0.1, -0.05) is 45.0 Å². The first-order valence-electron chi connectivity index (χ1n) is 7.76. The summed E-state index contributed by atoms with van der Waals surface area (Å²) in [5.41, 5.74) is 2.35. The van der Waals surface area contributed by atoms with Crippen molar-refractivity contribution in [1.82, 2.24) is 5.32 Å². The fourth-order valence-corrected chi connectivity index (χ4v) is 3.18.